The van der Waals surface area contributed by atoms with E-state index in [1.807, 2.05) is 0 Å². The molecule has 7 heteroatoms. The largest absolute Gasteiger partial charge is 0.494 e. The van der Waals surface area contributed by atoms with E-state index in [1.54, 1.807) is 6.92 Å². The lowest BCUT2D eigenvalue weighted by molar-refractivity contribution is -0.145. The van der Waals surface area contributed by atoms with Crippen LogP contribution in [0.25, 0.3) is 11.3 Å². The van der Waals surface area contributed by atoms with Crippen molar-refractivity contribution in [3.05, 3.63) is 41.1 Å². The number of hydrogen-bond acceptors (Lipinski definition) is 3. The average Bonchev–Trinajstić information content (AvgIpc) is 2.41. The maximum atomic E-state index is 14.2. The van der Waals surface area contributed by atoms with Crippen molar-refractivity contribution in [1.29, 1.82) is 0 Å². The summed E-state index contributed by atoms with van der Waals surface area (Å²) in [6.45, 7) is 2.97. The molecule has 1 heterocycles. The Morgan fingerprint density at radius 1 is 1.10 bits per heavy atom. The van der Waals surface area contributed by atoms with Crippen molar-refractivity contribution in [1.82, 2.24) is 9.97 Å². The third-order valence-corrected chi connectivity index (χ3v) is 3.08. The highest BCUT2D eigenvalue weighted by Gasteiger charge is 2.36. The minimum atomic E-state index is -4.69. The Morgan fingerprint density at radius 2 is 1.76 bits per heavy atom. The van der Waals surface area contributed by atoms with Crippen molar-refractivity contribution in [2.75, 3.05) is 7.11 Å². The van der Waals surface area contributed by atoms with Crippen molar-refractivity contribution < 1.29 is 22.3 Å². The SMILES string of the molecule is COc1cccc(-c2nc(C(F)(F)F)nc(C)c2C)c1F. The lowest BCUT2D eigenvalue weighted by Gasteiger charge is -2.13. The number of aryl methyl sites for hydroxylation is 1. The van der Waals surface area contributed by atoms with Crippen molar-refractivity contribution in [3.63, 3.8) is 0 Å². The minimum absolute atomic E-state index is 0.0529. The van der Waals surface area contributed by atoms with Gasteiger partial charge in [-0.1, -0.05) is 6.07 Å². The molecule has 1 aromatic heterocycles. The van der Waals surface area contributed by atoms with Gasteiger partial charge in [-0.05, 0) is 31.5 Å². The van der Waals surface area contributed by atoms with Gasteiger partial charge < -0.3 is 4.74 Å². The standard InChI is InChI=1S/C14H12F4N2O/c1-7-8(2)19-13(14(16,17)18)20-12(7)9-5-4-6-10(21-3)11(9)15/h4-6H,1-3H3. The monoisotopic (exact) mass is 300 g/mol. The Kier molecular flexibility index (Phi) is 3.85. The van der Waals surface area contributed by atoms with Gasteiger partial charge in [-0.3, -0.25) is 0 Å². The molecule has 0 fully saturated rings. The van der Waals surface area contributed by atoms with E-state index in [0.29, 0.717) is 5.56 Å². The van der Waals surface area contributed by atoms with Gasteiger partial charge in [-0.2, -0.15) is 13.2 Å². The predicted molar refractivity (Wildman–Crippen MR) is 68.5 cm³/mol. The molecular formula is C14H12F4N2O. The third kappa shape index (κ3) is 2.81. The lowest BCUT2D eigenvalue weighted by atomic mass is 10.0. The summed E-state index contributed by atoms with van der Waals surface area (Å²) in [6.07, 6.45) is -4.69. The van der Waals surface area contributed by atoms with Gasteiger partial charge in [0.1, 0.15) is 0 Å². The summed E-state index contributed by atoms with van der Waals surface area (Å²) >= 11 is 0. The third-order valence-electron chi connectivity index (χ3n) is 3.08. The first-order valence-corrected chi connectivity index (χ1v) is 6.01. The molecule has 0 unspecified atom stereocenters. The highest BCUT2D eigenvalue weighted by atomic mass is 19.4. The molecule has 0 atom stereocenters. The van der Waals surface area contributed by atoms with Gasteiger partial charge in [-0.25, -0.2) is 14.4 Å². The maximum absolute atomic E-state index is 14.2. The molecule has 0 aliphatic heterocycles. The first-order chi connectivity index (χ1) is 9.75. The van der Waals surface area contributed by atoms with E-state index in [4.69, 9.17) is 4.74 Å². The molecule has 0 aliphatic carbocycles. The van der Waals surface area contributed by atoms with Crippen LogP contribution in [0.15, 0.2) is 18.2 Å². The number of rotatable bonds is 2. The fourth-order valence-corrected chi connectivity index (χ4v) is 1.87. The highest BCUT2D eigenvalue weighted by Crippen LogP contribution is 2.33. The summed E-state index contributed by atoms with van der Waals surface area (Å²) in [6, 6.07) is 4.22. The zero-order chi connectivity index (χ0) is 15.8. The van der Waals surface area contributed by atoms with Crippen LogP contribution in [0.5, 0.6) is 5.75 Å². The number of ether oxygens (including phenoxy) is 1. The van der Waals surface area contributed by atoms with Crippen LogP contribution in [-0.4, -0.2) is 17.1 Å². The molecule has 0 radical (unpaired) electrons. The second kappa shape index (κ2) is 5.31. The van der Waals surface area contributed by atoms with E-state index < -0.39 is 17.8 Å². The molecule has 0 saturated heterocycles. The Bertz CT molecular complexity index is 683. The van der Waals surface area contributed by atoms with E-state index in [-0.39, 0.29) is 22.7 Å². The number of alkyl halides is 3. The normalized spacial score (nSPS) is 11.6. The van der Waals surface area contributed by atoms with Crippen LogP contribution in [0.4, 0.5) is 17.6 Å². The van der Waals surface area contributed by atoms with Crippen molar-refractivity contribution in [2.24, 2.45) is 0 Å². The predicted octanol–water partition coefficient (Wildman–Crippen LogP) is 3.93. The summed E-state index contributed by atoms with van der Waals surface area (Å²) < 4.78 is 57.5. The van der Waals surface area contributed by atoms with Crippen LogP contribution in [-0.2, 0) is 6.18 Å². The number of hydrogen-bond donors (Lipinski definition) is 0. The quantitative estimate of drug-likeness (QED) is 0.788. The molecule has 2 aromatic rings. The molecule has 3 nitrogen and oxygen atoms in total. The van der Waals surface area contributed by atoms with Gasteiger partial charge in [0, 0.05) is 11.3 Å². The van der Waals surface area contributed by atoms with Crippen LogP contribution in [0, 0.1) is 19.7 Å². The van der Waals surface area contributed by atoms with Crippen LogP contribution >= 0.6 is 0 Å². The van der Waals surface area contributed by atoms with E-state index in [9.17, 15) is 17.6 Å². The Hall–Kier alpha value is -2.18. The molecule has 1 aromatic carbocycles. The smallest absolute Gasteiger partial charge is 0.451 e. The molecule has 0 spiro atoms. The fraction of sp³-hybridized carbons (Fsp3) is 0.286. The summed E-state index contributed by atoms with van der Waals surface area (Å²) in [5, 5.41) is 0. The fourth-order valence-electron chi connectivity index (χ4n) is 1.87. The number of aromatic nitrogens is 2. The van der Waals surface area contributed by atoms with Gasteiger partial charge in [-0.15, -0.1) is 0 Å². The molecule has 0 N–H and O–H groups in total. The van der Waals surface area contributed by atoms with Crippen LogP contribution in [0.2, 0.25) is 0 Å². The maximum Gasteiger partial charge on any atom is 0.451 e. The molecule has 112 valence electrons. The second-order valence-corrected chi connectivity index (χ2v) is 4.43. The average molecular weight is 300 g/mol. The van der Waals surface area contributed by atoms with Gasteiger partial charge in [0.2, 0.25) is 5.82 Å². The molecule has 0 saturated carbocycles. The summed E-state index contributed by atoms with van der Waals surface area (Å²) in [7, 11) is 1.28. The zero-order valence-corrected chi connectivity index (χ0v) is 11.5. The zero-order valence-electron chi connectivity index (χ0n) is 11.5. The molecule has 2 rings (SSSR count). The Balaban J connectivity index is 2.72. The summed E-state index contributed by atoms with van der Waals surface area (Å²) in [4.78, 5) is 6.89. The summed E-state index contributed by atoms with van der Waals surface area (Å²) in [5.74, 6) is -2.10. The van der Waals surface area contributed by atoms with E-state index in [0.717, 1.165) is 0 Å². The van der Waals surface area contributed by atoms with E-state index in [2.05, 4.69) is 9.97 Å². The number of methoxy groups -OCH3 is 1. The van der Waals surface area contributed by atoms with Crippen molar-refractivity contribution >= 4 is 0 Å². The van der Waals surface area contributed by atoms with E-state index in [1.165, 1.54) is 32.2 Å². The number of halogens is 4. The Morgan fingerprint density at radius 3 is 2.33 bits per heavy atom. The number of benzene rings is 1. The Labute approximate surface area is 118 Å². The van der Waals surface area contributed by atoms with Crippen molar-refractivity contribution in [3.8, 4) is 17.0 Å². The first kappa shape index (κ1) is 15.2. The van der Waals surface area contributed by atoms with Gasteiger partial charge in [0.15, 0.2) is 11.6 Å². The van der Waals surface area contributed by atoms with Gasteiger partial charge >= 0.3 is 6.18 Å². The molecule has 21 heavy (non-hydrogen) atoms. The summed E-state index contributed by atoms with van der Waals surface area (Å²) in [5.41, 5.74) is 0.388. The van der Waals surface area contributed by atoms with E-state index >= 15 is 0 Å². The first-order valence-electron chi connectivity index (χ1n) is 6.01. The molecule has 0 bridgehead atoms. The molecular weight excluding hydrogens is 288 g/mol. The number of nitrogens with zero attached hydrogens (tertiary/aromatic N) is 2. The second-order valence-electron chi connectivity index (χ2n) is 4.43. The molecule has 0 aliphatic rings. The lowest BCUT2D eigenvalue weighted by Crippen LogP contribution is -2.14. The van der Waals surface area contributed by atoms with Gasteiger partial charge in [0.05, 0.1) is 12.8 Å². The minimum Gasteiger partial charge on any atom is -0.494 e. The van der Waals surface area contributed by atoms with Gasteiger partial charge in [0.25, 0.3) is 0 Å². The highest BCUT2D eigenvalue weighted by molar-refractivity contribution is 5.66. The molecule has 0 amide bonds. The van der Waals surface area contributed by atoms with Crippen LogP contribution in [0.1, 0.15) is 17.1 Å². The van der Waals surface area contributed by atoms with Crippen LogP contribution < -0.4 is 4.74 Å². The van der Waals surface area contributed by atoms with Crippen molar-refractivity contribution in [2.45, 2.75) is 20.0 Å². The topological polar surface area (TPSA) is 35.0 Å². The van der Waals surface area contributed by atoms with Crippen LogP contribution in [0.3, 0.4) is 0 Å².